The molecule has 3 heteroatoms. The molecule has 0 bridgehead atoms. The zero-order valence-electron chi connectivity index (χ0n) is 8.66. The second-order valence-electron chi connectivity index (χ2n) is 3.07. The van der Waals surface area contributed by atoms with Crippen molar-refractivity contribution in [3.05, 3.63) is 24.3 Å². The van der Waals surface area contributed by atoms with Gasteiger partial charge < -0.3 is 10.2 Å². The maximum Gasteiger partial charge on any atom is 0.214 e. The second-order valence-corrected chi connectivity index (χ2v) is 3.07. The molecule has 0 atom stereocenters. The minimum absolute atomic E-state index is 0.752. The largest absolute Gasteiger partial charge is 0.386 e. The van der Waals surface area contributed by atoms with E-state index >= 15 is 0 Å². The van der Waals surface area contributed by atoms with E-state index in [0.717, 1.165) is 30.8 Å². The van der Waals surface area contributed by atoms with Crippen LogP contribution in [-0.4, -0.2) is 20.0 Å². The first-order chi connectivity index (χ1) is 6.83. The average molecular weight is 192 g/mol. The predicted octanol–water partition coefficient (Wildman–Crippen LogP) is 2.10. The predicted molar refractivity (Wildman–Crippen MR) is 59.7 cm³/mol. The van der Waals surface area contributed by atoms with Gasteiger partial charge in [-0.1, -0.05) is 19.1 Å². The van der Waals surface area contributed by atoms with Crippen LogP contribution in [0.2, 0.25) is 0 Å². The molecule has 0 heterocycles. The molecule has 1 N–H and O–H groups in total. The normalized spacial score (nSPS) is 9.57. The van der Waals surface area contributed by atoms with Gasteiger partial charge in [0.05, 0.1) is 11.4 Å². The summed E-state index contributed by atoms with van der Waals surface area (Å²) in [4.78, 5) is 12.6. The summed E-state index contributed by atoms with van der Waals surface area (Å²) < 4.78 is 0. The topological polar surface area (TPSA) is 32.3 Å². The SMILES string of the molecule is CCCN(C=O)c1ccccc1NC. The number of carbonyl (C=O) groups excluding carboxylic acids is 1. The molecule has 0 aliphatic heterocycles. The van der Waals surface area contributed by atoms with Crippen molar-refractivity contribution in [2.45, 2.75) is 13.3 Å². The minimum Gasteiger partial charge on any atom is -0.386 e. The lowest BCUT2D eigenvalue weighted by Crippen LogP contribution is -2.22. The molecule has 0 fully saturated rings. The van der Waals surface area contributed by atoms with Gasteiger partial charge in [-0.25, -0.2) is 0 Å². The monoisotopic (exact) mass is 192 g/mol. The van der Waals surface area contributed by atoms with Crippen molar-refractivity contribution >= 4 is 17.8 Å². The standard InChI is InChI=1S/C11H16N2O/c1-3-8-13(9-14)11-7-5-4-6-10(11)12-2/h4-7,9,12H,3,8H2,1-2H3. The molecule has 76 valence electrons. The maximum atomic E-state index is 10.9. The third-order valence-electron chi connectivity index (χ3n) is 2.07. The number of nitrogens with zero attached hydrogens (tertiary/aromatic N) is 1. The number of nitrogens with one attached hydrogen (secondary N) is 1. The quantitative estimate of drug-likeness (QED) is 0.724. The van der Waals surface area contributed by atoms with Crippen molar-refractivity contribution in [2.75, 3.05) is 23.8 Å². The number of amides is 1. The van der Waals surface area contributed by atoms with Crippen LogP contribution >= 0.6 is 0 Å². The van der Waals surface area contributed by atoms with Crippen molar-refractivity contribution in [1.82, 2.24) is 0 Å². The Morgan fingerprint density at radius 1 is 1.43 bits per heavy atom. The summed E-state index contributed by atoms with van der Waals surface area (Å²) in [6.07, 6.45) is 1.83. The highest BCUT2D eigenvalue weighted by Gasteiger charge is 2.07. The number of hydrogen-bond acceptors (Lipinski definition) is 2. The Morgan fingerprint density at radius 3 is 2.71 bits per heavy atom. The fourth-order valence-electron chi connectivity index (χ4n) is 1.41. The molecule has 0 spiro atoms. The molecule has 1 rings (SSSR count). The smallest absolute Gasteiger partial charge is 0.214 e. The highest BCUT2D eigenvalue weighted by molar-refractivity contribution is 5.83. The molecule has 1 amide bonds. The van der Waals surface area contributed by atoms with Crippen LogP contribution < -0.4 is 10.2 Å². The van der Waals surface area contributed by atoms with Gasteiger partial charge in [0.1, 0.15) is 0 Å². The molecule has 0 aliphatic rings. The third kappa shape index (κ3) is 2.25. The van der Waals surface area contributed by atoms with Crippen LogP contribution in [0.3, 0.4) is 0 Å². The van der Waals surface area contributed by atoms with Gasteiger partial charge in [-0.3, -0.25) is 4.79 Å². The first kappa shape index (κ1) is 10.6. The highest BCUT2D eigenvalue weighted by Crippen LogP contribution is 2.23. The Kier molecular flexibility index (Phi) is 3.98. The van der Waals surface area contributed by atoms with Gasteiger partial charge in [-0.2, -0.15) is 0 Å². The van der Waals surface area contributed by atoms with E-state index in [0.29, 0.717) is 0 Å². The van der Waals surface area contributed by atoms with Gasteiger partial charge in [0.2, 0.25) is 6.41 Å². The maximum absolute atomic E-state index is 10.9. The van der Waals surface area contributed by atoms with Crippen LogP contribution in [0.5, 0.6) is 0 Å². The molecule has 0 aliphatic carbocycles. The minimum atomic E-state index is 0.752. The fraction of sp³-hybridized carbons (Fsp3) is 0.364. The van der Waals surface area contributed by atoms with E-state index < -0.39 is 0 Å². The number of anilines is 2. The summed E-state index contributed by atoms with van der Waals surface area (Å²) in [6.45, 7) is 2.81. The fourth-order valence-corrected chi connectivity index (χ4v) is 1.41. The molecule has 0 saturated heterocycles. The zero-order valence-corrected chi connectivity index (χ0v) is 8.66. The van der Waals surface area contributed by atoms with Crippen molar-refractivity contribution in [3.63, 3.8) is 0 Å². The first-order valence-corrected chi connectivity index (χ1v) is 4.82. The molecule has 1 aromatic rings. The third-order valence-corrected chi connectivity index (χ3v) is 2.07. The van der Waals surface area contributed by atoms with Crippen LogP contribution in [0.1, 0.15) is 13.3 Å². The van der Waals surface area contributed by atoms with Crippen LogP contribution in [-0.2, 0) is 4.79 Å². The van der Waals surface area contributed by atoms with Crippen molar-refractivity contribution in [2.24, 2.45) is 0 Å². The summed E-state index contributed by atoms with van der Waals surface area (Å²) in [7, 11) is 1.85. The lowest BCUT2D eigenvalue weighted by atomic mass is 10.2. The average Bonchev–Trinajstić information content (AvgIpc) is 2.26. The molecular weight excluding hydrogens is 176 g/mol. The van der Waals surface area contributed by atoms with E-state index in [9.17, 15) is 4.79 Å². The van der Waals surface area contributed by atoms with Gasteiger partial charge in [-0.15, -0.1) is 0 Å². The zero-order chi connectivity index (χ0) is 10.4. The summed E-state index contributed by atoms with van der Waals surface area (Å²) in [5.41, 5.74) is 1.92. The molecular formula is C11H16N2O. The van der Waals surface area contributed by atoms with E-state index in [4.69, 9.17) is 0 Å². The summed E-state index contributed by atoms with van der Waals surface area (Å²) in [5, 5.41) is 3.07. The van der Waals surface area contributed by atoms with Crippen molar-refractivity contribution in [1.29, 1.82) is 0 Å². The van der Waals surface area contributed by atoms with Gasteiger partial charge in [0, 0.05) is 13.6 Å². The number of para-hydroxylation sites is 2. The van der Waals surface area contributed by atoms with E-state index in [-0.39, 0.29) is 0 Å². The molecule has 0 radical (unpaired) electrons. The van der Waals surface area contributed by atoms with Gasteiger partial charge >= 0.3 is 0 Å². The number of benzene rings is 1. The van der Waals surface area contributed by atoms with Gasteiger partial charge in [-0.05, 0) is 18.6 Å². The number of hydrogen-bond donors (Lipinski definition) is 1. The van der Waals surface area contributed by atoms with Crippen LogP contribution in [0, 0.1) is 0 Å². The van der Waals surface area contributed by atoms with Crippen molar-refractivity contribution < 1.29 is 4.79 Å². The molecule has 1 aromatic carbocycles. The van der Waals surface area contributed by atoms with Crippen LogP contribution in [0.4, 0.5) is 11.4 Å². The van der Waals surface area contributed by atoms with E-state index in [1.54, 1.807) is 4.90 Å². The lowest BCUT2D eigenvalue weighted by molar-refractivity contribution is -0.107. The van der Waals surface area contributed by atoms with E-state index in [2.05, 4.69) is 12.2 Å². The highest BCUT2D eigenvalue weighted by atomic mass is 16.1. The Labute approximate surface area is 84.7 Å². The number of rotatable bonds is 5. The molecule has 0 unspecified atom stereocenters. The summed E-state index contributed by atoms with van der Waals surface area (Å²) >= 11 is 0. The Hall–Kier alpha value is -1.51. The number of carbonyl (C=O) groups is 1. The van der Waals surface area contributed by atoms with Gasteiger partial charge in [0.25, 0.3) is 0 Å². The summed E-state index contributed by atoms with van der Waals surface area (Å²) in [5.74, 6) is 0. The molecule has 0 saturated carbocycles. The Bertz CT molecular complexity index is 299. The molecule has 3 nitrogen and oxygen atoms in total. The Morgan fingerprint density at radius 2 is 2.14 bits per heavy atom. The van der Waals surface area contributed by atoms with Crippen LogP contribution in [0.25, 0.3) is 0 Å². The summed E-state index contributed by atoms with van der Waals surface area (Å²) in [6, 6.07) is 7.78. The van der Waals surface area contributed by atoms with Gasteiger partial charge in [0.15, 0.2) is 0 Å². The molecule has 14 heavy (non-hydrogen) atoms. The van der Waals surface area contributed by atoms with Crippen LogP contribution in [0.15, 0.2) is 24.3 Å². The molecule has 0 aromatic heterocycles. The first-order valence-electron chi connectivity index (χ1n) is 4.82. The second kappa shape index (κ2) is 5.27. The Balaban J connectivity index is 2.95. The van der Waals surface area contributed by atoms with E-state index in [1.807, 2.05) is 31.3 Å². The van der Waals surface area contributed by atoms with Crippen molar-refractivity contribution in [3.8, 4) is 0 Å². The lowest BCUT2D eigenvalue weighted by Gasteiger charge is -2.19. The van der Waals surface area contributed by atoms with E-state index in [1.165, 1.54) is 0 Å².